The maximum Gasteiger partial charge on any atom is 0.329 e. The van der Waals surface area contributed by atoms with Gasteiger partial charge in [-0.2, -0.15) is 12.6 Å². The van der Waals surface area contributed by atoms with Crippen molar-refractivity contribution >= 4 is 24.5 Å². The molecule has 0 aromatic carbocycles. The number of methoxy groups -OCH3 is 1. The van der Waals surface area contributed by atoms with Crippen molar-refractivity contribution in [1.82, 2.24) is 4.90 Å². The van der Waals surface area contributed by atoms with Gasteiger partial charge in [0.15, 0.2) is 6.04 Å². The summed E-state index contributed by atoms with van der Waals surface area (Å²) in [4.78, 5) is 24.4. The molecule has 0 aromatic rings. The molecule has 0 radical (unpaired) electrons. The van der Waals surface area contributed by atoms with Crippen molar-refractivity contribution in [2.45, 2.75) is 25.5 Å². The van der Waals surface area contributed by atoms with Gasteiger partial charge in [0, 0.05) is 25.3 Å². The topological polar surface area (TPSA) is 66.8 Å². The van der Waals surface area contributed by atoms with Gasteiger partial charge in [-0.15, -0.1) is 0 Å². The lowest BCUT2D eigenvalue weighted by Crippen LogP contribution is -2.47. The van der Waals surface area contributed by atoms with Crippen LogP contribution in [-0.2, 0) is 14.3 Å². The Kier molecular flexibility index (Phi) is 4.61. The molecule has 5 nitrogen and oxygen atoms in total. The summed E-state index contributed by atoms with van der Waals surface area (Å²) < 4.78 is 5.09. The first-order valence-corrected chi connectivity index (χ1v) is 5.83. The van der Waals surface area contributed by atoms with Crippen LogP contribution in [0.1, 0.15) is 13.3 Å². The molecule has 0 aromatic heterocycles. The first kappa shape index (κ1) is 13.3. The Morgan fingerprint density at radius 3 is 2.69 bits per heavy atom. The highest BCUT2D eigenvalue weighted by Gasteiger charge is 2.42. The number of ether oxygens (including phenoxy) is 1. The van der Waals surface area contributed by atoms with Crippen molar-refractivity contribution < 1.29 is 19.4 Å². The van der Waals surface area contributed by atoms with Crippen LogP contribution >= 0.6 is 12.6 Å². The maximum absolute atomic E-state index is 11.9. The molecule has 0 saturated carbocycles. The fraction of sp³-hybridized carbons (Fsp3) is 0.800. The Morgan fingerprint density at radius 2 is 2.25 bits per heavy atom. The summed E-state index contributed by atoms with van der Waals surface area (Å²) in [5.41, 5.74) is 0. The third-order valence-corrected chi connectivity index (χ3v) is 3.42. The van der Waals surface area contributed by atoms with Gasteiger partial charge in [0.05, 0.1) is 6.10 Å². The summed E-state index contributed by atoms with van der Waals surface area (Å²) in [5.74, 6) is -1.02. The highest BCUT2D eigenvalue weighted by molar-refractivity contribution is 7.80. The number of rotatable bonds is 4. The zero-order valence-electron chi connectivity index (χ0n) is 9.42. The molecule has 1 N–H and O–H groups in total. The average molecular weight is 247 g/mol. The third kappa shape index (κ3) is 2.49. The van der Waals surface area contributed by atoms with E-state index < -0.39 is 18.1 Å². The first-order chi connectivity index (χ1) is 7.52. The Morgan fingerprint density at radius 1 is 1.62 bits per heavy atom. The quantitative estimate of drug-likeness (QED) is 0.699. The van der Waals surface area contributed by atoms with Gasteiger partial charge in [-0.25, -0.2) is 4.79 Å². The molecule has 0 bridgehead atoms. The molecule has 1 aliphatic heterocycles. The van der Waals surface area contributed by atoms with E-state index in [2.05, 4.69) is 12.6 Å². The predicted octanol–water partition coefficient (Wildman–Crippen LogP) is 0.253. The third-order valence-electron chi connectivity index (χ3n) is 2.88. The highest BCUT2D eigenvalue weighted by atomic mass is 32.1. The zero-order valence-corrected chi connectivity index (χ0v) is 10.3. The van der Waals surface area contributed by atoms with Crippen LogP contribution < -0.4 is 0 Å². The molecular formula is C10H17NO4S. The maximum atomic E-state index is 11.9. The van der Waals surface area contributed by atoms with Gasteiger partial charge in [-0.3, -0.25) is 4.79 Å². The number of thiol groups is 1. The number of nitrogens with zero attached hydrogens (tertiary/aromatic N) is 1. The molecule has 1 rings (SSSR count). The number of amides is 1. The van der Waals surface area contributed by atoms with Gasteiger partial charge in [0.2, 0.25) is 5.91 Å². The van der Waals surface area contributed by atoms with Crippen LogP contribution in [-0.4, -0.2) is 53.4 Å². The van der Waals surface area contributed by atoms with Crippen LogP contribution in [0.25, 0.3) is 0 Å². The van der Waals surface area contributed by atoms with Crippen molar-refractivity contribution in [1.29, 1.82) is 0 Å². The molecule has 0 spiro atoms. The number of carboxylic acids is 1. The molecule has 3 atom stereocenters. The molecule has 1 unspecified atom stereocenters. The predicted molar refractivity (Wildman–Crippen MR) is 61.6 cm³/mol. The normalized spacial score (nSPS) is 26.8. The summed E-state index contributed by atoms with van der Waals surface area (Å²) in [5, 5.41) is 9.10. The van der Waals surface area contributed by atoms with Crippen LogP contribution in [0.3, 0.4) is 0 Å². The monoisotopic (exact) mass is 247 g/mol. The molecule has 1 amide bonds. The number of carbonyl (C=O) groups excluding carboxylic acids is 1. The van der Waals surface area contributed by atoms with E-state index in [1.54, 1.807) is 6.92 Å². The van der Waals surface area contributed by atoms with Crippen molar-refractivity contribution in [3.63, 3.8) is 0 Å². The van der Waals surface area contributed by atoms with Crippen LogP contribution in [0.15, 0.2) is 0 Å². The highest BCUT2D eigenvalue weighted by Crippen LogP contribution is 2.23. The minimum Gasteiger partial charge on any atom is -0.480 e. The molecular weight excluding hydrogens is 230 g/mol. The fourth-order valence-corrected chi connectivity index (χ4v) is 2.07. The van der Waals surface area contributed by atoms with E-state index >= 15 is 0 Å². The van der Waals surface area contributed by atoms with E-state index in [-0.39, 0.29) is 11.8 Å². The van der Waals surface area contributed by atoms with Crippen molar-refractivity contribution in [2.75, 3.05) is 19.4 Å². The number of carbonyl (C=O) groups is 2. The van der Waals surface area contributed by atoms with Gasteiger partial charge in [0.25, 0.3) is 0 Å². The Balaban J connectivity index is 2.80. The molecule has 1 fully saturated rings. The fourth-order valence-electron chi connectivity index (χ4n) is 1.91. The van der Waals surface area contributed by atoms with Crippen LogP contribution in [0.2, 0.25) is 0 Å². The lowest BCUT2D eigenvalue weighted by Gasteiger charge is -2.26. The summed E-state index contributed by atoms with van der Waals surface area (Å²) in [6, 6.07) is -0.861. The molecule has 16 heavy (non-hydrogen) atoms. The Hall–Kier alpha value is -0.750. The van der Waals surface area contributed by atoms with Gasteiger partial charge in [-0.1, -0.05) is 6.92 Å². The van der Waals surface area contributed by atoms with E-state index in [1.165, 1.54) is 12.0 Å². The van der Waals surface area contributed by atoms with E-state index in [0.29, 0.717) is 18.7 Å². The van der Waals surface area contributed by atoms with Crippen molar-refractivity contribution in [3.8, 4) is 0 Å². The Labute approximate surface area is 100 Å². The van der Waals surface area contributed by atoms with Crippen LogP contribution in [0, 0.1) is 5.92 Å². The summed E-state index contributed by atoms with van der Waals surface area (Å²) >= 11 is 4.05. The Bertz CT molecular complexity index is 284. The van der Waals surface area contributed by atoms with Crippen molar-refractivity contribution in [3.05, 3.63) is 0 Å². The van der Waals surface area contributed by atoms with E-state index in [9.17, 15) is 9.59 Å². The zero-order chi connectivity index (χ0) is 12.3. The van der Waals surface area contributed by atoms with Gasteiger partial charge < -0.3 is 14.7 Å². The van der Waals surface area contributed by atoms with E-state index in [0.717, 1.165) is 0 Å². The van der Waals surface area contributed by atoms with E-state index in [1.807, 2.05) is 0 Å². The molecule has 1 heterocycles. The largest absolute Gasteiger partial charge is 0.480 e. The summed E-state index contributed by atoms with van der Waals surface area (Å²) in [6.07, 6.45) is 0.159. The second-order valence-corrected chi connectivity index (χ2v) is 4.33. The molecule has 92 valence electrons. The average Bonchev–Trinajstić information content (AvgIpc) is 2.70. The number of carboxylic acid groups (broad SMARTS) is 1. The molecule has 1 saturated heterocycles. The first-order valence-electron chi connectivity index (χ1n) is 5.19. The van der Waals surface area contributed by atoms with Crippen molar-refractivity contribution in [2.24, 2.45) is 5.92 Å². The number of likely N-dealkylation sites (tertiary alicyclic amines) is 1. The summed E-state index contributed by atoms with van der Waals surface area (Å²) in [7, 11) is 1.47. The van der Waals surface area contributed by atoms with Gasteiger partial charge >= 0.3 is 5.97 Å². The lowest BCUT2D eigenvalue weighted by molar-refractivity contribution is -0.152. The second-order valence-electron chi connectivity index (χ2n) is 3.96. The number of aliphatic carboxylic acids is 1. The minimum absolute atomic E-state index is 0.165. The molecule has 1 aliphatic rings. The van der Waals surface area contributed by atoms with Gasteiger partial charge in [-0.05, 0) is 6.42 Å². The van der Waals surface area contributed by atoms with Gasteiger partial charge in [0.1, 0.15) is 0 Å². The van der Waals surface area contributed by atoms with Crippen LogP contribution in [0.5, 0.6) is 0 Å². The smallest absolute Gasteiger partial charge is 0.329 e. The van der Waals surface area contributed by atoms with E-state index in [4.69, 9.17) is 9.84 Å². The lowest BCUT2D eigenvalue weighted by atomic mass is 10.1. The van der Waals surface area contributed by atoms with Crippen LogP contribution in [0.4, 0.5) is 0 Å². The number of hydrogen-bond acceptors (Lipinski definition) is 4. The summed E-state index contributed by atoms with van der Waals surface area (Å²) in [6.45, 7) is 2.18. The number of hydrogen-bond donors (Lipinski definition) is 2. The molecule has 6 heteroatoms. The molecule has 0 aliphatic carbocycles. The minimum atomic E-state index is -1.01. The second kappa shape index (κ2) is 5.54. The SMILES string of the molecule is CO[C@@H]1CCN(C(=O)C(C)CS)[C@@H]1C(=O)O. The standard InChI is InChI=1S/C10H17NO4S/c1-6(5-16)9(12)11-4-3-7(15-2)8(11)10(13)14/h6-8,16H,3-5H2,1-2H3,(H,13,14)/t6?,7-,8+/m1/s1.